The second kappa shape index (κ2) is 11.6. The summed E-state index contributed by atoms with van der Waals surface area (Å²) < 4.78 is 15.9. The molecule has 0 atom stereocenters. The third kappa shape index (κ3) is 5.83. The summed E-state index contributed by atoms with van der Waals surface area (Å²) in [4.78, 5) is 25.7. The average molecular weight is 449 g/mol. The standard InChI is InChI=1S/C26H28N2O5/c1-31-21-16-20(17-22(32-2)24(21)33-3)25(29)27-14-15-28-26(30)23(18-10-6-4-7-11-18)19-12-8-5-9-13-19/h4-13,16-17,23H,14-15H2,1-3H3,(H,27,29)(H,28,30). The van der Waals surface area contributed by atoms with Crippen LogP contribution in [0.15, 0.2) is 72.8 Å². The van der Waals surface area contributed by atoms with Gasteiger partial charge < -0.3 is 24.8 Å². The predicted molar refractivity (Wildman–Crippen MR) is 126 cm³/mol. The lowest BCUT2D eigenvalue weighted by Crippen LogP contribution is -2.37. The molecule has 0 radical (unpaired) electrons. The smallest absolute Gasteiger partial charge is 0.251 e. The van der Waals surface area contributed by atoms with Crippen molar-refractivity contribution >= 4 is 11.8 Å². The number of hydrogen-bond acceptors (Lipinski definition) is 5. The Morgan fingerprint density at radius 2 is 1.21 bits per heavy atom. The maximum atomic E-state index is 13.0. The molecule has 0 fully saturated rings. The van der Waals surface area contributed by atoms with Crippen LogP contribution in [-0.2, 0) is 4.79 Å². The molecule has 7 heteroatoms. The van der Waals surface area contributed by atoms with Gasteiger partial charge in [0.25, 0.3) is 5.91 Å². The van der Waals surface area contributed by atoms with Gasteiger partial charge in [0.15, 0.2) is 11.5 Å². The quantitative estimate of drug-likeness (QED) is 0.465. The number of rotatable bonds is 10. The molecule has 33 heavy (non-hydrogen) atoms. The van der Waals surface area contributed by atoms with Gasteiger partial charge >= 0.3 is 0 Å². The molecule has 3 rings (SSSR count). The first-order valence-electron chi connectivity index (χ1n) is 10.5. The zero-order chi connectivity index (χ0) is 23.6. The van der Waals surface area contributed by atoms with Crippen molar-refractivity contribution in [3.63, 3.8) is 0 Å². The Morgan fingerprint density at radius 3 is 1.67 bits per heavy atom. The van der Waals surface area contributed by atoms with E-state index in [1.807, 2.05) is 60.7 Å². The van der Waals surface area contributed by atoms with Crippen molar-refractivity contribution in [1.29, 1.82) is 0 Å². The molecule has 0 aliphatic carbocycles. The van der Waals surface area contributed by atoms with Crippen molar-refractivity contribution in [3.05, 3.63) is 89.5 Å². The van der Waals surface area contributed by atoms with Gasteiger partial charge in [0, 0.05) is 18.7 Å². The Balaban J connectivity index is 1.63. The maximum Gasteiger partial charge on any atom is 0.251 e. The van der Waals surface area contributed by atoms with Gasteiger partial charge in [-0.25, -0.2) is 0 Å². The molecule has 0 aromatic heterocycles. The van der Waals surface area contributed by atoms with E-state index in [0.717, 1.165) is 11.1 Å². The van der Waals surface area contributed by atoms with Gasteiger partial charge in [0.2, 0.25) is 11.7 Å². The highest BCUT2D eigenvalue weighted by atomic mass is 16.5. The Labute approximate surface area is 193 Å². The number of amides is 2. The third-order valence-corrected chi connectivity index (χ3v) is 5.16. The first-order chi connectivity index (χ1) is 16.1. The summed E-state index contributed by atoms with van der Waals surface area (Å²) >= 11 is 0. The molecular weight excluding hydrogens is 420 g/mol. The van der Waals surface area contributed by atoms with Gasteiger partial charge in [0.1, 0.15) is 0 Å². The summed E-state index contributed by atoms with van der Waals surface area (Å²) in [6.07, 6.45) is 0. The minimum Gasteiger partial charge on any atom is -0.493 e. The number of carbonyl (C=O) groups excluding carboxylic acids is 2. The molecule has 2 amide bonds. The zero-order valence-electron chi connectivity index (χ0n) is 19.0. The van der Waals surface area contributed by atoms with Crippen LogP contribution in [0.3, 0.4) is 0 Å². The van der Waals surface area contributed by atoms with E-state index in [2.05, 4.69) is 10.6 Å². The third-order valence-electron chi connectivity index (χ3n) is 5.16. The molecule has 0 aliphatic rings. The summed E-state index contributed by atoms with van der Waals surface area (Å²) in [7, 11) is 4.48. The van der Waals surface area contributed by atoms with Gasteiger partial charge in [-0.05, 0) is 23.3 Å². The van der Waals surface area contributed by atoms with Crippen molar-refractivity contribution < 1.29 is 23.8 Å². The summed E-state index contributed by atoms with van der Waals surface area (Å²) in [6.45, 7) is 0.544. The van der Waals surface area contributed by atoms with Gasteiger partial charge in [0.05, 0.1) is 27.2 Å². The lowest BCUT2D eigenvalue weighted by Gasteiger charge is -2.18. The maximum absolute atomic E-state index is 13.0. The molecule has 0 spiro atoms. The normalized spacial score (nSPS) is 10.4. The van der Waals surface area contributed by atoms with Gasteiger partial charge in [-0.3, -0.25) is 9.59 Å². The molecule has 0 aliphatic heterocycles. The van der Waals surface area contributed by atoms with Crippen molar-refractivity contribution in [2.75, 3.05) is 34.4 Å². The summed E-state index contributed by atoms with van der Waals surface area (Å²) in [5, 5.41) is 5.73. The van der Waals surface area contributed by atoms with Crippen molar-refractivity contribution in [1.82, 2.24) is 10.6 Å². The number of ether oxygens (including phenoxy) is 3. The van der Waals surface area contributed by atoms with Crippen LogP contribution in [0, 0.1) is 0 Å². The first-order valence-corrected chi connectivity index (χ1v) is 10.5. The molecule has 0 heterocycles. The van der Waals surface area contributed by atoms with E-state index in [-0.39, 0.29) is 24.9 Å². The molecular formula is C26H28N2O5. The highest BCUT2D eigenvalue weighted by molar-refractivity contribution is 5.95. The fraction of sp³-hybridized carbons (Fsp3) is 0.231. The minimum atomic E-state index is -0.432. The molecule has 0 saturated carbocycles. The predicted octanol–water partition coefficient (Wildman–Crippen LogP) is 3.39. The van der Waals surface area contributed by atoms with E-state index in [1.165, 1.54) is 21.3 Å². The minimum absolute atomic E-state index is 0.130. The van der Waals surface area contributed by atoms with Crippen molar-refractivity contribution in [2.45, 2.75) is 5.92 Å². The molecule has 172 valence electrons. The topological polar surface area (TPSA) is 85.9 Å². The second-order valence-electron chi connectivity index (χ2n) is 7.22. The number of methoxy groups -OCH3 is 3. The Hall–Kier alpha value is -4.00. The molecule has 2 N–H and O–H groups in total. The lowest BCUT2D eigenvalue weighted by molar-refractivity contribution is -0.121. The van der Waals surface area contributed by atoms with Crippen LogP contribution in [0.1, 0.15) is 27.4 Å². The van der Waals surface area contributed by atoms with E-state index in [1.54, 1.807) is 12.1 Å². The monoisotopic (exact) mass is 448 g/mol. The summed E-state index contributed by atoms with van der Waals surface area (Å²) in [5.41, 5.74) is 2.17. The Bertz CT molecular complexity index is 1010. The number of benzene rings is 3. The molecule has 0 unspecified atom stereocenters. The highest BCUT2D eigenvalue weighted by Gasteiger charge is 2.22. The Morgan fingerprint density at radius 1 is 0.727 bits per heavy atom. The van der Waals surface area contributed by atoms with Crippen LogP contribution in [-0.4, -0.2) is 46.2 Å². The van der Waals surface area contributed by atoms with Crippen LogP contribution in [0.5, 0.6) is 17.2 Å². The number of hydrogen-bond donors (Lipinski definition) is 2. The average Bonchev–Trinajstić information content (AvgIpc) is 2.87. The number of nitrogens with one attached hydrogen (secondary N) is 2. The first kappa shape index (κ1) is 23.7. The van der Waals surface area contributed by atoms with Crippen molar-refractivity contribution in [2.24, 2.45) is 0 Å². The van der Waals surface area contributed by atoms with E-state index in [9.17, 15) is 9.59 Å². The van der Waals surface area contributed by atoms with Gasteiger partial charge in [-0.2, -0.15) is 0 Å². The molecule has 0 bridgehead atoms. The van der Waals surface area contributed by atoms with Crippen LogP contribution < -0.4 is 24.8 Å². The van der Waals surface area contributed by atoms with E-state index < -0.39 is 5.92 Å². The highest BCUT2D eigenvalue weighted by Crippen LogP contribution is 2.38. The van der Waals surface area contributed by atoms with Gasteiger partial charge in [-0.15, -0.1) is 0 Å². The van der Waals surface area contributed by atoms with Crippen LogP contribution in [0.25, 0.3) is 0 Å². The second-order valence-corrected chi connectivity index (χ2v) is 7.22. The zero-order valence-corrected chi connectivity index (χ0v) is 19.0. The number of carbonyl (C=O) groups is 2. The van der Waals surface area contributed by atoms with Crippen LogP contribution in [0.2, 0.25) is 0 Å². The van der Waals surface area contributed by atoms with Gasteiger partial charge in [-0.1, -0.05) is 60.7 Å². The molecule has 3 aromatic carbocycles. The SMILES string of the molecule is COc1cc(C(=O)NCCNC(=O)C(c2ccccc2)c2ccccc2)cc(OC)c1OC. The molecule has 3 aromatic rings. The van der Waals surface area contributed by atoms with Crippen LogP contribution >= 0.6 is 0 Å². The van der Waals surface area contributed by atoms with Crippen molar-refractivity contribution in [3.8, 4) is 17.2 Å². The van der Waals surface area contributed by atoms with E-state index in [0.29, 0.717) is 22.8 Å². The van der Waals surface area contributed by atoms with E-state index >= 15 is 0 Å². The lowest BCUT2D eigenvalue weighted by atomic mass is 9.90. The van der Waals surface area contributed by atoms with Crippen LogP contribution in [0.4, 0.5) is 0 Å². The fourth-order valence-electron chi connectivity index (χ4n) is 3.56. The Kier molecular flexibility index (Phi) is 8.30. The summed E-state index contributed by atoms with van der Waals surface area (Å²) in [6, 6.07) is 22.4. The summed E-state index contributed by atoms with van der Waals surface area (Å²) in [5.74, 6) is 0.322. The fourth-order valence-corrected chi connectivity index (χ4v) is 3.56. The molecule has 7 nitrogen and oxygen atoms in total. The largest absolute Gasteiger partial charge is 0.493 e. The molecule has 0 saturated heterocycles. The van der Waals surface area contributed by atoms with E-state index in [4.69, 9.17) is 14.2 Å².